The third kappa shape index (κ3) is 4.37. The van der Waals surface area contributed by atoms with Crippen molar-refractivity contribution in [2.75, 3.05) is 65.4 Å². The van der Waals surface area contributed by atoms with Crippen molar-refractivity contribution >= 4 is 0 Å². The van der Waals surface area contributed by atoms with Crippen LogP contribution in [0.5, 0.6) is 0 Å². The van der Waals surface area contributed by atoms with E-state index in [1.54, 1.807) is 0 Å². The molecule has 2 aliphatic heterocycles. The smallest absolute Gasteiger partial charge is 0.0110 e. The summed E-state index contributed by atoms with van der Waals surface area (Å²) >= 11 is 0. The first kappa shape index (κ1) is 12.3. The van der Waals surface area contributed by atoms with Crippen molar-refractivity contribution in [1.82, 2.24) is 20.4 Å². The second kappa shape index (κ2) is 7.22. The van der Waals surface area contributed by atoms with E-state index >= 15 is 0 Å². The first-order valence-electron chi connectivity index (χ1n) is 6.81. The van der Waals surface area contributed by atoms with Crippen molar-refractivity contribution in [1.29, 1.82) is 0 Å². The summed E-state index contributed by atoms with van der Waals surface area (Å²) in [7, 11) is 0. The van der Waals surface area contributed by atoms with Gasteiger partial charge in [-0.15, -0.1) is 0 Å². The molecule has 0 aromatic carbocycles. The Morgan fingerprint density at radius 3 is 1.62 bits per heavy atom. The molecule has 4 nitrogen and oxygen atoms in total. The lowest BCUT2D eigenvalue weighted by molar-refractivity contribution is 0.218. The monoisotopic (exact) mass is 226 g/mol. The molecule has 0 spiro atoms. The molecule has 2 fully saturated rings. The van der Waals surface area contributed by atoms with Crippen molar-refractivity contribution in [2.24, 2.45) is 0 Å². The van der Waals surface area contributed by atoms with Gasteiger partial charge in [0.15, 0.2) is 0 Å². The average molecular weight is 226 g/mol. The van der Waals surface area contributed by atoms with Gasteiger partial charge >= 0.3 is 0 Å². The summed E-state index contributed by atoms with van der Waals surface area (Å²) in [5.41, 5.74) is 0. The van der Waals surface area contributed by atoms with Crippen LogP contribution >= 0.6 is 0 Å². The maximum Gasteiger partial charge on any atom is 0.0110 e. The molecule has 2 saturated heterocycles. The van der Waals surface area contributed by atoms with E-state index in [1.165, 1.54) is 78.3 Å². The van der Waals surface area contributed by atoms with Crippen LogP contribution in [0.15, 0.2) is 0 Å². The summed E-state index contributed by atoms with van der Waals surface area (Å²) < 4.78 is 0. The molecule has 0 aromatic heterocycles. The van der Waals surface area contributed by atoms with Gasteiger partial charge in [0.05, 0.1) is 0 Å². The number of hydrogen-bond acceptors (Lipinski definition) is 4. The Morgan fingerprint density at radius 1 is 0.625 bits per heavy atom. The molecular weight excluding hydrogens is 200 g/mol. The lowest BCUT2D eigenvalue weighted by Gasteiger charge is -2.25. The van der Waals surface area contributed by atoms with Crippen LogP contribution in [0.1, 0.15) is 12.8 Å². The number of nitrogens with zero attached hydrogens (tertiary/aromatic N) is 2. The minimum absolute atomic E-state index is 1.17. The molecule has 0 aliphatic carbocycles. The van der Waals surface area contributed by atoms with Crippen LogP contribution in [0.4, 0.5) is 0 Å². The van der Waals surface area contributed by atoms with E-state index in [4.69, 9.17) is 0 Å². The molecule has 0 unspecified atom stereocenters. The highest BCUT2D eigenvalue weighted by Gasteiger charge is 2.12. The van der Waals surface area contributed by atoms with Crippen LogP contribution in [0.3, 0.4) is 0 Å². The molecule has 4 heteroatoms. The third-order valence-electron chi connectivity index (χ3n) is 3.60. The molecule has 2 aliphatic rings. The fourth-order valence-electron chi connectivity index (χ4n) is 2.53. The Morgan fingerprint density at radius 2 is 1.12 bits per heavy atom. The van der Waals surface area contributed by atoms with Gasteiger partial charge in [-0.25, -0.2) is 0 Å². The van der Waals surface area contributed by atoms with Crippen molar-refractivity contribution in [3.8, 4) is 0 Å². The van der Waals surface area contributed by atoms with E-state index in [0.717, 1.165) is 0 Å². The van der Waals surface area contributed by atoms with Gasteiger partial charge < -0.3 is 20.4 Å². The van der Waals surface area contributed by atoms with E-state index in [0.29, 0.717) is 0 Å². The Bertz CT molecular complexity index is 150. The van der Waals surface area contributed by atoms with Crippen molar-refractivity contribution < 1.29 is 0 Å². The van der Waals surface area contributed by atoms with E-state index < -0.39 is 0 Å². The second-order valence-electron chi connectivity index (χ2n) is 4.89. The third-order valence-corrected chi connectivity index (χ3v) is 3.60. The highest BCUT2D eigenvalue weighted by atomic mass is 15.2. The summed E-state index contributed by atoms with van der Waals surface area (Å²) in [4.78, 5) is 5.22. The Labute approximate surface area is 99.4 Å². The van der Waals surface area contributed by atoms with E-state index in [1.807, 2.05) is 0 Å². The first-order chi connectivity index (χ1) is 7.95. The Balaban J connectivity index is 1.64. The minimum atomic E-state index is 1.17. The standard InChI is InChI=1S/C12H26N4/c1-3-13-5-9-15(7-1)11-12-16-8-2-4-14-6-10-16/h13-14H,1-12H2. The van der Waals surface area contributed by atoms with Crippen LogP contribution in [-0.4, -0.2) is 75.2 Å². The molecular formula is C12H26N4. The maximum atomic E-state index is 3.46. The zero-order valence-electron chi connectivity index (χ0n) is 10.4. The fraction of sp³-hybridized carbons (Fsp3) is 1.00. The largest absolute Gasteiger partial charge is 0.315 e. The maximum absolute atomic E-state index is 3.46. The SMILES string of the molecule is C1CNCCN(CCN2CCCNCC2)C1. The molecule has 2 rings (SSSR count). The zero-order chi connectivity index (χ0) is 11.1. The highest BCUT2D eigenvalue weighted by molar-refractivity contribution is 4.70. The Hall–Kier alpha value is -0.160. The molecule has 0 atom stereocenters. The summed E-state index contributed by atoms with van der Waals surface area (Å²) in [6.07, 6.45) is 2.61. The van der Waals surface area contributed by atoms with Gasteiger partial charge in [0, 0.05) is 39.3 Å². The number of nitrogens with one attached hydrogen (secondary N) is 2. The van der Waals surface area contributed by atoms with Gasteiger partial charge in [-0.2, -0.15) is 0 Å². The zero-order valence-corrected chi connectivity index (χ0v) is 10.4. The van der Waals surface area contributed by atoms with Gasteiger partial charge in [-0.3, -0.25) is 0 Å². The first-order valence-corrected chi connectivity index (χ1v) is 6.81. The van der Waals surface area contributed by atoms with Crippen LogP contribution in [0.25, 0.3) is 0 Å². The molecule has 0 saturated carbocycles. The van der Waals surface area contributed by atoms with E-state index in [-0.39, 0.29) is 0 Å². The quantitative estimate of drug-likeness (QED) is 0.684. The lowest BCUT2D eigenvalue weighted by Crippen LogP contribution is -2.38. The number of hydrogen-bond donors (Lipinski definition) is 2. The van der Waals surface area contributed by atoms with Crippen LogP contribution < -0.4 is 10.6 Å². The van der Waals surface area contributed by atoms with Crippen molar-refractivity contribution in [3.05, 3.63) is 0 Å². The number of rotatable bonds is 3. The predicted molar refractivity (Wildman–Crippen MR) is 67.9 cm³/mol. The molecule has 2 heterocycles. The molecule has 2 N–H and O–H groups in total. The van der Waals surface area contributed by atoms with Crippen LogP contribution in [0.2, 0.25) is 0 Å². The summed E-state index contributed by atoms with van der Waals surface area (Å²) in [6.45, 7) is 12.2. The van der Waals surface area contributed by atoms with Crippen molar-refractivity contribution in [3.63, 3.8) is 0 Å². The lowest BCUT2D eigenvalue weighted by atomic mass is 10.3. The molecule has 0 amide bonds. The molecule has 0 bridgehead atoms. The van der Waals surface area contributed by atoms with E-state index in [2.05, 4.69) is 20.4 Å². The van der Waals surface area contributed by atoms with Crippen molar-refractivity contribution in [2.45, 2.75) is 12.8 Å². The van der Waals surface area contributed by atoms with Gasteiger partial charge in [0.1, 0.15) is 0 Å². The summed E-state index contributed by atoms with van der Waals surface area (Å²) in [5, 5.41) is 6.92. The van der Waals surface area contributed by atoms with Gasteiger partial charge in [0.25, 0.3) is 0 Å². The van der Waals surface area contributed by atoms with Gasteiger partial charge in [-0.05, 0) is 39.0 Å². The van der Waals surface area contributed by atoms with Crippen LogP contribution in [-0.2, 0) is 0 Å². The molecule has 16 heavy (non-hydrogen) atoms. The normalized spacial score (nSPS) is 26.2. The molecule has 0 radical (unpaired) electrons. The molecule has 0 aromatic rings. The highest BCUT2D eigenvalue weighted by Crippen LogP contribution is 1.99. The minimum Gasteiger partial charge on any atom is -0.315 e. The van der Waals surface area contributed by atoms with Crippen LogP contribution in [0, 0.1) is 0 Å². The predicted octanol–water partition coefficient (Wildman–Crippen LogP) is -0.423. The topological polar surface area (TPSA) is 30.5 Å². The second-order valence-corrected chi connectivity index (χ2v) is 4.89. The molecule has 94 valence electrons. The van der Waals surface area contributed by atoms with Gasteiger partial charge in [-0.1, -0.05) is 0 Å². The fourth-order valence-corrected chi connectivity index (χ4v) is 2.53. The summed E-state index contributed by atoms with van der Waals surface area (Å²) in [6, 6.07) is 0. The van der Waals surface area contributed by atoms with E-state index in [9.17, 15) is 0 Å². The Kier molecular flexibility index (Phi) is 5.55. The van der Waals surface area contributed by atoms with Gasteiger partial charge in [0.2, 0.25) is 0 Å². The average Bonchev–Trinajstić information content (AvgIpc) is 2.71. The summed E-state index contributed by atoms with van der Waals surface area (Å²) in [5.74, 6) is 0.